The maximum atomic E-state index is 12.6. The quantitative estimate of drug-likeness (QED) is 0.360. The van der Waals surface area contributed by atoms with E-state index in [-0.39, 0.29) is 33.4 Å². The fourth-order valence-electron chi connectivity index (χ4n) is 2.57. The molecule has 0 unspecified atom stereocenters. The molecule has 2 N–H and O–H groups in total. The first-order chi connectivity index (χ1) is 14.7. The first-order valence-electron chi connectivity index (χ1n) is 9.10. The molecule has 1 saturated heterocycles. The second-order valence-electron chi connectivity index (χ2n) is 6.29. The van der Waals surface area contributed by atoms with E-state index in [2.05, 4.69) is 20.2 Å². The molecule has 1 amide bonds. The van der Waals surface area contributed by atoms with Gasteiger partial charge in [-0.3, -0.25) is 4.79 Å². The number of carbonyl (C=O) groups is 1. The maximum Gasteiger partial charge on any atom is 0.269 e. The Bertz CT molecular complexity index is 1110. The van der Waals surface area contributed by atoms with Crippen molar-refractivity contribution in [2.45, 2.75) is 16.2 Å². The molecule has 15 heteroatoms. The van der Waals surface area contributed by atoms with E-state index in [1.807, 2.05) is 0 Å². The average Bonchev–Trinajstić information content (AvgIpc) is 3.21. The van der Waals surface area contributed by atoms with Gasteiger partial charge in [-0.1, -0.05) is 11.3 Å². The molecule has 1 aliphatic rings. The highest BCUT2D eigenvalue weighted by molar-refractivity contribution is 7.91. The number of sulfonamides is 2. The Morgan fingerprint density at radius 2 is 1.84 bits per heavy atom. The normalized spacial score (nSPS) is 15.5. The number of morpholine rings is 1. The van der Waals surface area contributed by atoms with Crippen molar-refractivity contribution in [3.8, 4) is 5.75 Å². The summed E-state index contributed by atoms with van der Waals surface area (Å²) in [6.07, 6.45) is 0. The van der Waals surface area contributed by atoms with Crippen LogP contribution in [0.4, 0.5) is 5.13 Å². The van der Waals surface area contributed by atoms with E-state index < -0.39 is 20.0 Å². The minimum Gasteiger partial charge on any atom is -0.492 e. The average molecular weight is 492 g/mol. The van der Waals surface area contributed by atoms with E-state index in [9.17, 15) is 21.6 Å². The molecule has 0 radical (unpaired) electrons. The molecule has 1 aromatic heterocycles. The smallest absolute Gasteiger partial charge is 0.269 e. The van der Waals surface area contributed by atoms with Crippen LogP contribution < -0.4 is 14.8 Å². The number of hydrogen-bond acceptors (Lipinski definition) is 10. The lowest BCUT2D eigenvalue weighted by molar-refractivity contribution is -0.114. The number of benzene rings is 1. The standard InChI is InChI=1S/C16H21N5O7S3/c1-12(22)18-15-19-20-16(29-15)30(23,24)17-6-9-28-13-2-4-14(5-3-13)31(25,26)21-7-10-27-11-8-21/h2-5,17H,6-11H2,1H3,(H,18,19,22). The maximum absolute atomic E-state index is 12.6. The molecule has 2 aromatic rings. The summed E-state index contributed by atoms with van der Waals surface area (Å²) in [5, 5.41) is 9.57. The van der Waals surface area contributed by atoms with Gasteiger partial charge in [-0.15, -0.1) is 10.2 Å². The van der Waals surface area contributed by atoms with Crippen molar-refractivity contribution >= 4 is 42.4 Å². The fraction of sp³-hybridized carbons (Fsp3) is 0.438. The third-order valence-corrected chi connectivity index (χ3v) is 8.59. The predicted octanol–water partition coefficient (Wildman–Crippen LogP) is -0.125. The van der Waals surface area contributed by atoms with Gasteiger partial charge in [-0.05, 0) is 24.3 Å². The van der Waals surface area contributed by atoms with Crippen LogP contribution in [-0.4, -0.2) is 76.7 Å². The zero-order chi connectivity index (χ0) is 22.5. The van der Waals surface area contributed by atoms with Gasteiger partial charge in [0.25, 0.3) is 10.0 Å². The summed E-state index contributed by atoms with van der Waals surface area (Å²) >= 11 is 0.724. The number of aromatic nitrogens is 2. The molecule has 170 valence electrons. The highest BCUT2D eigenvalue weighted by Gasteiger charge is 2.26. The van der Waals surface area contributed by atoms with Gasteiger partial charge >= 0.3 is 0 Å². The molecule has 0 aliphatic carbocycles. The van der Waals surface area contributed by atoms with E-state index >= 15 is 0 Å². The largest absolute Gasteiger partial charge is 0.492 e. The molecule has 3 rings (SSSR count). The van der Waals surface area contributed by atoms with Gasteiger partial charge in [0.15, 0.2) is 0 Å². The van der Waals surface area contributed by atoms with Crippen LogP contribution in [0.3, 0.4) is 0 Å². The van der Waals surface area contributed by atoms with Gasteiger partial charge in [0.05, 0.1) is 18.1 Å². The van der Waals surface area contributed by atoms with Crippen molar-refractivity contribution in [3.63, 3.8) is 0 Å². The van der Waals surface area contributed by atoms with E-state index in [1.54, 1.807) is 0 Å². The molecule has 1 aromatic carbocycles. The molecule has 2 heterocycles. The fourth-order valence-corrected chi connectivity index (χ4v) is 5.98. The number of rotatable bonds is 9. The summed E-state index contributed by atoms with van der Waals surface area (Å²) in [6.45, 7) is 2.57. The third kappa shape index (κ3) is 6.18. The van der Waals surface area contributed by atoms with Crippen LogP contribution in [0, 0.1) is 0 Å². The second-order valence-corrected chi connectivity index (χ2v) is 11.1. The minimum atomic E-state index is -3.90. The van der Waals surface area contributed by atoms with E-state index in [1.165, 1.54) is 35.5 Å². The highest BCUT2D eigenvalue weighted by atomic mass is 32.2. The molecule has 1 aliphatic heterocycles. The van der Waals surface area contributed by atoms with Gasteiger partial charge < -0.3 is 14.8 Å². The van der Waals surface area contributed by atoms with Crippen LogP contribution in [0.25, 0.3) is 0 Å². The van der Waals surface area contributed by atoms with Gasteiger partial charge in [0.1, 0.15) is 12.4 Å². The van der Waals surface area contributed by atoms with Crippen molar-refractivity contribution in [3.05, 3.63) is 24.3 Å². The van der Waals surface area contributed by atoms with E-state index in [0.29, 0.717) is 32.1 Å². The minimum absolute atomic E-state index is 0.00610. The Balaban J connectivity index is 1.50. The summed E-state index contributed by atoms with van der Waals surface area (Å²) in [7, 11) is -7.49. The number of ether oxygens (including phenoxy) is 2. The lowest BCUT2D eigenvalue weighted by Gasteiger charge is -2.26. The Morgan fingerprint density at radius 3 is 2.48 bits per heavy atom. The zero-order valence-electron chi connectivity index (χ0n) is 16.5. The van der Waals surface area contributed by atoms with Gasteiger partial charge in [0, 0.05) is 26.6 Å². The zero-order valence-corrected chi connectivity index (χ0v) is 18.9. The Labute approximate surface area is 183 Å². The third-order valence-electron chi connectivity index (χ3n) is 4.01. The first kappa shape index (κ1) is 23.5. The van der Waals surface area contributed by atoms with Crippen LogP contribution in [0.2, 0.25) is 0 Å². The monoisotopic (exact) mass is 491 g/mol. The SMILES string of the molecule is CC(=O)Nc1nnc(S(=O)(=O)NCCOc2ccc(S(=O)(=O)N3CCOCC3)cc2)s1. The molecule has 0 atom stereocenters. The van der Waals surface area contributed by atoms with E-state index in [0.717, 1.165) is 11.3 Å². The number of carbonyl (C=O) groups excluding carboxylic acids is 1. The molecule has 0 saturated carbocycles. The molecule has 31 heavy (non-hydrogen) atoms. The van der Waals surface area contributed by atoms with Crippen molar-refractivity contribution in [1.82, 2.24) is 19.2 Å². The van der Waals surface area contributed by atoms with Crippen molar-refractivity contribution in [2.75, 3.05) is 44.8 Å². The van der Waals surface area contributed by atoms with Crippen molar-refractivity contribution < 1.29 is 31.1 Å². The Hall–Kier alpha value is -2.17. The molecule has 12 nitrogen and oxygen atoms in total. The lowest BCUT2D eigenvalue weighted by atomic mass is 10.3. The van der Waals surface area contributed by atoms with E-state index in [4.69, 9.17) is 9.47 Å². The molecular formula is C16H21N5O7S3. The number of amides is 1. The van der Waals surface area contributed by atoms with Crippen LogP contribution in [-0.2, 0) is 29.6 Å². The first-order valence-corrected chi connectivity index (χ1v) is 12.8. The second kappa shape index (κ2) is 9.97. The highest BCUT2D eigenvalue weighted by Crippen LogP contribution is 2.21. The molecule has 0 spiro atoms. The summed E-state index contributed by atoms with van der Waals surface area (Å²) in [5.41, 5.74) is 0. The summed E-state index contributed by atoms with van der Waals surface area (Å²) in [5.74, 6) is 0.00852. The number of nitrogens with one attached hydrogen (secondary N) is 2. The summed E-state index contributed by atoms with van der Waals surface area (Å²) in [4.78, 5) is 11.1. The van der Waals surface area contributed by atoms with Gasteiger partial charge in [-0.2, -0.15) is 4.31 Å². The van der Waals surface area contributed by atoms with Gasteiger partial charge in [0.2, 0.25) is 25.4 Å². The number of hydrogen-bond donors (Lipinski definition) is 2. The summed E-state index contributed by atoms with van der Waals surface area (Å²) in [6, 6.07) is 5.89. The number of nitrogens with zero attached hydrogens (tertiary/aromatic N) is 3. The Kier molecular flexibility index (Phi) is 7.55. The van der Waals surface area contributed by atoms with Crippen LogP contribution in [0.15, 0.2) is 33.5 Å². The molecule has 0 bridgehead atoms. The topological polar surface area (TPSA) is 157 Å². The van der Waals surface area contributed by atoms with Crippen molar-refractivity contribution in [2.24, 2.45) is 0 Å². The molecule has 1 fully saturated rings. The predicted molar refractivity (Wildman–Crippen MR) is 111 cm³/mol. The Morgan fingerprint density at radius 1 is 1.16 bits per heavy atom. The number of anilines is 1. The van der Waals surface area contributed by atoms with Crippen molar-refractivity contribution in [1.29, 1.82) is 0 Å². The summed E-state index contributed by atoms with van der Waals surface area (Å²) < 4.78 is 63.6. The lowest BCUT2D eigenvalue weighted by Crippen LogP contribution is -2.40. The van der Waals surface area contributed by atoms with Gasteiger partial charge in [-0.25, -0.2) is 21.6 Å². The molecular weight excluding hydrogens is 470 g/mol. The van der Waals surface area contributed by atoms with Crippen LogP contribution in [0.5, 0.6) is 5.75 Å². The van der Waals surface area contributed by atoms with Crippen LogP contribution in [0.1, 0.15) is 6.92 Å². The van der Waals surface area contributed by atoms with Crippen LogP contribution >= 0.6 is 11.3 Å².